The summed E-state index contributed by atoms with van der Waals surface area (Å²) in [6, 6.07) is 13.4. The van der Waals surface area contributed by atoms with Crippen LogP contribution in [0.4, 0.5) is 10.1 Å². The van der Waals surface area contributed by atoms with E-state index < -0.39 is 23.6 Å². The van der Waals surface area contributed by atoms with Crippen molar-refractivity contribution in [3.8, 4) is 11.3 Å². The van der Waals surface area contributed by atoms with Gasteiger partial charge < -0.3 is 9.52 Å². The van der Waals surface area contributed by atoms with Gasteiger partial charge in [0.05, 0.1) is 16.8 Å². The molecule has 0 aliphatic carbocycles. The quantitative estimate of drug-likeness (QED) is 0.334. The Morgan fingerprint density at radius 1 is 1.18 bits per heavy atom. The maximum Gasteiger partial charge on any atom is 0.335 e. The zero-order valence-electron chi connectivity index (χ0n) is 17.3. The van der Waals surface area contributed by atoms with Crippen LogP contribution >= 0.6 is 12.2 Å². The fraction of sp³-hybridized carbons (Fsp3) is 0.0833. The van der Waals surface area contributed by atoms with Crippen molar-refractivity contribution in [1.82, 2.24) is 5.32 Å². The smallest absolute Gasteiger partial charge is 0.335 e. The van der Waals surface area contributed by atoms with Crippen molar-refractivity contribution in [2.75, 3.05) is 4.90 Å². The van der Waals surface area contributed by atoms with Crippen LogP contribution in [0.5, 0.6) is 0 Å². The fourth-order valence-corrected chi connectivity index (χ4v) is 3.74. The van der Waals surface area contributed by atoms with Gasteiger partial charge in [-0.2, -0.15) is 0 Å². The maximum atomic E-state index is 14.3. The van der Waals surface area contributed by atoms with Gasteiger partial charge in [-0.3, -0.25) is 19.8 Å². The molecule has 9 heteroatoms. The Kier molecular flexibility index (Phi) is 5.89. The minimum Gasteiger partial charge on any atom is -0.478 e. The molecule has 1 saturated heterocycles. The minimum absolute atomic E-state index is 0.0317. The standard InChI is InChI=1S/C24H17FN2O5S/c1-2-13-5-3-4-6-19(13)27-22(29)17(21(28)26-24(27)33)12-15-8-10-20(32-15)16-11-14(23(30)31)7-9-18(16)25/h3-12H,2H2,1H3,(H,30,31)(H,26,28,33)/b17-12-. The molecule has 0 saturated carbocycles. The van der Waals surface area contributed by atoms with Gasteiger partial charge in [0.25, 0.3) is 11.8 Å². The number of carbonyl (C=O) groups is 3. The number of para-hydroxylation sites is 1. The number of carboxylic acids is 1. The number of aryl methyl sites for hydroxylation is 1. The number of nitrogens with one attached hydrogen (secondary N) is 1. The fourth-order valence-electron chi connectivity index (χ4n) is 3.47. The maximum absolute atomic E-state index is 14.3. The number of rotatable bonds is 5. The van der Waals surface area contributed by atoms with E-state index in [1.807, 2.05) is 19.1 Å². The summed E-state index contributed by atoms with van der Waals surface area (Å²) in [6.45, 7) is 1.94. The molecule has 2 amide bonds. The van der Waals surface area contributed by atoms with Crippen molar-refractivity contribution in [3.05, 3.63) is 82.9 Å². The predicted octanol–water partition coefficient (Wildman–Crippen LogP) is 4.18. The van der Waals surface area contributed by atoms with E-state index in [0.29, 0.717) is 12.1 Å². The van der Waals surface area contributed by atoms with Crippen LogP contribution in [-0.4, -0.2) is 28.0 Å². The Balaban J connectivity index is 1.71. The summed E-state index contributed by atoms with van der Waals surface area (Å²) in [7, 11) is 0. The van der Waals surface area contributed by atoms with Gasteiger partial charge in [0.2, 0.25) is 0 Å². The van der Waals surface area contributed by atoms with E-state index in [0.717, 1.165) is 23.8 Å². The number of hydrogen-bond acceptors (Lipinski definition) is 5. The number of thiocarbonyl (C=S) groups is 1. The van der Waals surface area contributed by atoms with Crippen LogP contribution in [0, 0.1) is 5.82 Å². The Morgan fingerprint density at radius 3 is 2.67 bits per heavy atom. The zero-order chi connectivity index (χ0) is 23.7. The van der Waals surface area contributed by atoms with Gasteiger partial charge in [-0.25, -0.2) is 9.18 Å². The van der Waals surface area contributed by atoms with Gasteiger partial charge in [0.15, 0.2) is 5.11 Å². The van der Waals surface area contributed by atoms with E-state index in [1.54, 1.807) is 12.1 Å². The molecule has 0 bridgehead atoms. The highest BCUT2D eigenvalue weighted by Crippen LogP contribution is 2.29. The van der Waals surface area contributed by atoms with Gasteiger partial charge in [-0.15, -0.1) is 0 Å². The Bertz CT molecular complexity index is 1340. The predicted molar refractivity (Wildman–Crippen MR) is 123 cm³/mol. The first-order valence-electron chi connectivity index (χ1n) is 9.92. The molecule has 1 aromatic heterocycles. The molecule has 166 valence electrons. The summed E-state index contributed by atoms with van der Waals surface area (Å²) >= 11 is 5.24. The second kappa shape index (κ2) is 8.79. The van der Waals surface area contributed by atoms with Gasteiger partial charge in [-0.1, -0.05) is 25.1 Å². The molecule has 1 aliphatic heterocycles. The largest absolute Gasteiger partial charge is 0.478 e. The van der Waals surface area contributed by atoms with E-state index in [1.165, 1.54) is 23.1 Å². The highest BCUT2D eigenvalue weighted by molar-refractivity contribution is 7.80. The molecular weight excluding hydrogens is 447 g/mol. The number of halogens is 1. The van der Waals surface area contributed by atoms with Crippen LogP contribution in [0.2, 0.25) is 0 Å². The second-order valence-corrected chi connectivity index (χ2v) is 7.53. The van der Waals surface area contributed by atoms with Crippen LogP contribution in [0.3, 0.4) is 0 Å². The average molecular weight is 464 g/mol. The van der Waals surface area contributed by atoms with Crippen molar-refractivity contribution >= 4 is 46.9 Å². The number of furan rings is 1. The van der Waals surface area contributed by atoms with Gasteiger partial charge >= 0.3 is 5.97 Å². The molecule has 7 nitrogen and oxygen atoms in total. The van der Waals surface area contributed by atoms with E-state index >= 15 is 0 Å². The van der Waals surface area contributed by atoms with Crippen LogP contribution in [0.15, 0.2) is 64.6 Å². The molecule has 2 aromatic carbocycles. The molecule has 1 fully saturated rings. The van der Waals surface area contributed by atoms with E-state index in [4.69, 9.17) is 21.7 Å². The summed E-state index contributed by atoms with van der Waals surface area (Å²) in [5.74, 6) is -3.03. The van der Waals surface area contributed by atoms with Crippen LogP contribution < -0.4 is 10.2 Å². The zero-order valence-corrected chi connectivity index (χ0v) is 18.1. The van der Waals surface area contributed by atoms with Crippen molar-refractivity contribution in [2.24, 2.45) is 0 Å². The third-order valence-corrected chi connectivity index (χ3v) is 5.39. The van der Waals surface area contributed by atoms with Gasteiger partial charge in [0, 0.05) is 0 Å². The molecule has 1 aliphatic rings. The molecule has 0 unspecified atom stereocenters. The lowest BCUT2D eigenvalue weighted by atomic mass is 10.1. The number of hydrogen-bond donors (Lipinski definition) is 2. The first-order valence-corrected chi connectivity index (χ1v) is 10.3. The lowest BCUT2D eigenvalue weighted by Gasteiger charge is -2.30. The van der Waals surface area contributed by atoms with Crippen molar-refractivity contribution in [1.29, 1.82) is 0 Å². The third kappa shape index (κ3) is 4.18. The summed E-state index contributed by atoms with van der Waals surface area (Å²) in [6.07, 6.45) is 1.89. The number of benzene rings is 2. The highest BCUT2D eigenvalue weighted by Gasteiger charge is 2.35. The lowest BCUT2D eigenvalue weighted by Crippen LogP contribution is -2.54. The van der Waals surface area contributed by atoms with Crippen LogP contribution in [0.1, 0.15) is 28.6 Å². The second-order valence-electron chi connectivity index (χ2n) is 7.14. The number of anilines is 1. The molecule has 3 aromatic rings. The van der Waals surface area contributed by atoms with Crippen molar-refractivity contribution in [3.63, 3.8) is 0 Å². The number of nitrogens with zero attached hydrogens (tertiary/aromatic N) is 1. The molecule has 0 atom stereocenters. The van der Waals surface area contributed by atoms with Gasteiger partial charge in [0.1, 0.15) is 22.9 Å². The average Bonchev–Trinajstić information content (AvgIpc) is 3.25. The molecular formula is C24H17FN2O5S. The highest BCUT2D eigenvalue weighted by atomic mass is 32.1. The van der Waals surface area contributed by atoms with E-state index in [2.05, 4.69) is 5.32 Å². The molecule has 4 rings (SSSR count). The monoisotopic (exact) mass is 464 g/mol. The van der Waals surface area contributed by atoms with Crippen molar-refractivity contribution in [2.45, 2.75) is 13.3 Å². The van der Waals surface area contributed by atoms with E-state index in [9.17, 15) is 18.8 Å². The first kappa shape index (κ1) is 22.1. The molecule has 2 heterocycles. The topological polar surface area (TPSA) is 99.8 Å². The molecule has 0 radical (unpaired) electrons. The SMILES string of the molecule is CCc1ccccc1N1C(=O)/C(=C\c2ccc(-c3cc(C(=O)O)ccc3F)o2)C(=O)NC1=S. The number of aromatic carboxylic acids is 1. The number of carboxylic acid groups (broad SMARTS) is 1. The number of amides is 2. The number of carbonyl (C=O) groups excluding carboxylic acids is 2. The molecule has 33 heavy (non-hydrogen) atoms. The van der Waals surface area contributed by atoms with E-state index in [-0.39, 0.29) is 33.3 Å². The lowest BCUT2D eigenvalue weighted by molar-refractivity contribution is -0.122. The summed E-state index contributed by atoms with van der Waals surface area (Å²) in [5, 5.41) is 11.6. The first-order chi connectivity index (χ1) is 15.8. The summed E-state index contributed by atoms with van der Waals surface area (Å²) < 4.78 is 19.9. The van der Waals surface area contributed by atoms with Gasteiger partial charge in [-0.05, 0) is 66.7 Å². The Morgan fingerprint density at radius 2 is 1.94 bits per heavy atom. The molecule has 2 N–H and O–H groups in total. The molecule has 0 spiro atoms. The third-order valence-electron chi connectivity index (χ3n) is 5.11. The Labute approximate surface area is 193 Å². The van der Waals surface area contributed by atoms with Crippen molar-refractivity contribution < 1.29 is 28.3 Å². The summed E-state index contributed by atoms with van der Waals surface area (Å²) in [4.78, 5) is 38.2. The Hall–Kier alpha value is -4.11. The minimum atomic E-state index is -1.21. The van der Waals surface area contributed by atoms with Crippen LogP contribution in [0.25, 0.3) is 17.4 Å². The summed E-state index contributed by atoms with van der Waals surface area (Å²) in [5.41, 5.74) is 1.06. The van der Waals surface area contributed by atoms with Crippen LogP contribution in [-0.2, 0) is 16.0 Å². The normalized spacial score (nSPS) is 15.2.